The van der Waals surface area contributed by atoms with Crippen molar-refractivity contribution in [3.63, 3.8) is 0 Å². The van der Waals surface area contributed by atoms with Crippen LogP contribution >= 0.6 is 0 Å². The van der Waals surface area contributed by atoms with Crippen molar-refractivity contribution in [3.05, 3.63) is 29.3 Å². The van der Waals surface area contributed by atoms with Crippen LogP contribution in [0.2, 0.25) is 0 Å². The number of rotatable bonds is 2. The average Bonchev–Trinajstić information content (AvgIpc) is 2.20. The van der Waals surface area contributed by atoms with Crippen LogP contribution in [0.25, 0.3) is 0 Å². The molecule has 74 valence electrons. The Balaban J connectivity index is 0.000000671. The molecule has 1 rings (SSSR count). The number of benzene rings is 1. The Hall–Kier alpha value is -0.980. The summed E-state index contributed by atoms with van der Waals surface area (Å²) in [5.74, 6) is 0. The lowest BCUT2D eigenvalue weighted by atomic mass is 10.1. The van der Waals surface area contributed by atoms with Gasteiger partial charge >= 0.3 is 0 Å². The highest BCUT2D eigenvalue weighted by Crippen LogP contribution is 2.15. The smallest absolute Gasteiger partial charge is 0.0367 e. The van der Waals surface area contributed by atoms with Crippen LogP contribution in [0.4, 0.5) is 5.69 Å². The van der Waals surface area contributed by atoms with Gasteiger partial charge in [-0.25, -0.2) is 0 Å². The molecule has 0 saturated carbocycles. The van der Waals surface area contributed by atoms with Gasteiger partial charge in [0.05, 0.1) is 0 Å². The molecule has 0 aliphatic carbocycles. The Morgan fingerprint density at radius 3 is 2.23 bits per heavy atom. The van der Waals surface area contributed by atoms with E-state index in [1.165, 1.54) is 16.8 Å². The Kier molecular flexibility index (Phi) is 6.03. The van der Waals surface area contributed by atoms with Crippen LogP contribution in [0, 0.1) is 6.92 Å². The molecule has 0 heterocycles. The molecule has 0 amide bonds. The van der Waals surface area contributed by atoms with Crippen molar-refractivity contribution in [2.24, 2.45) is 0 Å². The zero-order chi connectivity index (χ0) is 10.3. The van der Waals surface area contributed by atoms with Crippen LogP contribution in [-0.2, 0) is 6.42 Å². The second kappa shape index (κ2) is 6.53. The number of aryl methyl sites for hydroxylation is 2. The van der Waals surface area contributed by atoms with Crippen LogP contribution < -0.4 is 5.32 Å². The molecule has 1 heteroatoms. The van der Waals surface area contributed by atoms with Gasteiger partial charge < -0.3 is 5.32 Å². The summed E-state index contributed by atoms with van der Waals surface area (Å²) in [6.07, 6.45) is 1.12. The third kappa shape index (κ3) is 3.49. The maximum Gasteiger partial charge on any atom is 0.0367 e. The Morgan fingerprint density at radius 1 is 1.23 bits per heavy atom. The molecule has 1 aromatic rings. The monoisotopic (exact) mass is 179 g/mol. The van der Waals surface area contributed by atoms with E-state index in [9.17, 15) is 0 Å². The van der Waals surface area contributed by atoms with Gasteiger partial charge in [-0.15, -0.1) is 0 Å². The molecule has 0 aliphatic heterocycles. The molecule has 0 radical (unpaired) electrons. The summed E-state index contributed by atoms with van der Waals surface area (Å²) in [5.41, 5.74) is 3.95. The molecule has 0 saturated heterocycles. The summed E-state index contributed by atoms with van der Waals surface area (Å²) in [6, 6.07) is 6.53. The molecular formula is C12H21N. The summed E-state index contributed by atoms with van der Waals surface area (Å²) >= 11 is 0. The summed E-state index contributed by atoms with van der Waals surface area (Å²) < 4.78 is 0. The molecule has 0 atom stereocenters. The maximum absolute atomic E-state index is 3.15. The van der Waals surface area contributed by atoms with Gasteiger partial charge in [-0.05, 0) is 30.5 Å². The van der Waals surface area contributed by atoms with E-state index in [2.05, 4.69) is 37.4 Å². The lowest BCUT2D eigenvalue weighted by Crippen LogP contribution is -1.92. The van der Waals surface area contributed by atoms with Crippen molar-refractivity contribution in [2.75, 3.05) is 12.4 Å². The first kappa shape index (κ1) is 12.0. The summed E-state index contributed by atoms with van der Waals surface area (Å²) in [4.78, 5) is 0. The van der Waals surface area contributed by atoms with Gasteiger partial charge in [0.15, 0.2) is 0 Å². The van der Waals surface area contributed by atoms with Crippen molar-refractivity contribution >= 4 is 5.69 Å². The highest BCUT2D eigenvalue weighted by Gasteiger charge is 1.95. The molecule has 0 spiro atoms. The second-order valence-corrected chi connectivity index (χ2v) is 2.75. The van der Waals surface area contributed by atoms with E-state index in [4.69, 9.17) is 0 Å². The predicted octanol–water partition coefficient (Wildman–Crippen LogP) is 3.63. The molecule has 1 N–H and O–H groups in total. The molecular weight excluding hydrogens is 158 g/mol. The minimum atomic E-state index is 1.12. The second-order valence-electron chi connectivity index (χ2n) is 2.75. The van der Waals surface area contributed by atoms with E-state index >= 15 is 0 Å². The average molecular weight is 179 g/mol. The van der Waals surface area contributed by atoms with Gasteiger partial charge in [0, 0.05) is 12.7 Å². The van der Waals surface area contributed by atoms with Gasteiger partial charge in [-0.2, -0.15) is 0 Å². The molecule has 0 aromatic heterocycles. The fourth-order valence-electron chi connectivity index (χ4n) is 1.23. The zero-order valence-electron chi connectivity index (χ0n) is 9.44. The maximum atomic E-state index is 3.15. The summed E-state index contributed by atoms with van der Waals surface area (Å²) in [5, 5.41) is 3.15. The minimum Gasteiger partial charge on any atom is -0.388 e. The molecule has 13 heavy (non-hydrogen) atoms. The molecule has 0 aliphatic rings. The molecule has 0 bridgehead atoms. The van der Waals surface area contributed by atoms with Crippen molar-refractivity contribution in [1.82, 2.24) is 0 Å². The largest absolute Gasteiger partial charge is 0.388 e. The quantitative estimate of drug-likeness (QED) is 0.731. The molecule has 0 unspecified atom stereocenters. The SMILES string of the molecule is CC.CCc1ccc(NC)c(C)c1. The van der Waals surface area contributed by atoms with E-state index < -0.39 is 0 Å². The fraction of sp³-hybridized carbons (Fsp3) is 0.500. The number of nitrogens with one attached hydrogen (secondary N) is 1. The van der Waals surface area contributed by atoms with Gasteiger partial charge in [-0.1, -0.05) is 32.9 Å². The van der Waals surface area contributed by atoms with Gasteiger partial charge in [-0.3, -0.25) is 0 Å². The lowest BCUT2D eigenvalue weighted by Gasteiger charge is -2.05. The van der Waals surface area contributed by atoms with E-state index in [0.29, 0.717) is 0 Å². The molecule has 1 nitrogen and oxygen atoms in total. The third-order valence-corrected chi connectivity index (χ3v) is 1.97. The summed E-state index contributed by atoms with van der Waals surface area (Å²) in [6.45, 7) is 8.30. The number of anilines is 1. The normalized spacial score (nSPS) is 8.69. The highest BCUT2D eigenvalue weighted by atomic mass is 14.8. The minimum absolute atomic E-state index is 1.12. The lowest BCUT2D eigenvalue weighted by molar-refractivity contribution is 1.13. The van der Waals surface area contributed by atoms with Gasteiger partial charge in [0.2, 0.25) is 0 Å². The van der Waals surface area contributed by atoms with Gasteiger partial charge in [0.1, 0.15) is 0 Å². The highest BCUT2D eigenvalue weighted by molar-refractivity contribution is 5.51. The van der Waals surface area contributed by atoms with Crippen LogP contribution in [-0.4, -0.2) is 7.05 Å². The van der Waals surface area contributed by atoms with Gasteiger partial charge in [0.25, 0.3) is 0 Å². The van der Waals surface area contributed by atoms with Crippen LogP contribution in [0.3, 0.4) is 0 Å². The van der Waals surface area contributed by atoms with Crippen LogP contribution in [0.1, 0.15) is 31.9 Å². The standard InChI is InChI=1S/C10H15N.C2H6/c1-4-9-5-6-10(11-3)8(2)7-9;1-2/h5-7,11H,4H2,1-3H3;1-2H3. The first-order valence-electron chi connectivity index (χ1n) is 5.05. The Labute approximate surface area is 82.2 Å². The zero-order valence-corrected chi connectivity index (χ0v) is 9.44. The van der Waals surface area contributed by atoms with Crippen molar-refractivity contribution in [1.29, 1.82) is 0 Å². The van der Waals surface area contributed by atoms with E-state index in [-0.39, 0.29) is 0 Å². The Morgan fingerprint density at radius 2 is 1.85 bits per heavy atom. The molecule has 0 fully saturated rings. The van der Waals surface area contributed by atoms with Crippen LogP contribution in [0.5, 0.6) is 0 Å². The van der Waals surface area contributed by atoms with Crippen LogP contribution in [0.15, 0.2) is 18.2 Å². The molecule has 1 aromatic carbocycles. The Bertz CT molecular complexity index is 241. The van der Waals surface area contributed by atoms with E-state index in [1.807, 2.05) is 20.9 Å². The topological polar surface area (TPSA) is 12.0 Å². The number of hydrogen-bond acceptors (Lipinski definition) is 1. The third-order valence-electron chi connectivity index (χ3n) is 1.97. The number of hydrogen-bond donors (Lipinski definition) is 1. The predicted molar refractivity (Wildman–Crippen MR) is 61.5 cm³/mol. The fourth-order valence-corrected chi connectivity index (χ4v) is 1.23. The summed E-state index contributed by atoms with van der Waals surface area (Å²) in [7, 11) is 1.95. The first-order valence-corrected chi connectivity index (χ1v) is 5.05. The van der Waals surface area contributed by atoms with E-state index in [0.717, 1.165) is 6.42 Å². The first-order chi connectivity index (χ1) is 6.27. The van der Waals surface area contributed by atoms with Crippen molar-refractivity contribution in [3.8, 4) is 0 Å². The van der Waals surface area contributed by atoms with Crippen molar-refractivity contribution < 1.29 is 0 Å². The van der Waals surface area contributed by atoms with E-state index in [1.54, 1.807) is 0 Å². The van der Waals surface area contributed by atoms with Crippen molar-refractivity contribution in [2.45, 2.75) is 34.1 Å².